The second-order valence-electron chi connectivity index (χ2n) is 5.40. The zero-order valence-electron chi connectivity index (χ0n) is 13.9. The van der Waals surface area contributed by atoms with Crippen LogP contribution in [0.4, 0.5) is 5.69 Å². The summed E-state index contributed by atoms with van der Waals surface area (Å²) >= 11 is 0. The van der Waals surface area contributed by atoms with Crippen molar-refractivity contribution in [3.8, 4) is 0 Å². The van der Waals surface area contributed by atoms with Gasteiger partial charge in [0.15, 0.2) is 12.4 Å². The number of esters is 1. The lowest BCUT2D eigenvalue weighted by atomic mass is 10.1. The van der Waals surface area contributed by atoms with Crippen molar-refractivity contribution < 1.29 is 24.0 Å². The summed E-state index contributed by atoms with van der Waals surface area (Å²) in [6.45, 7) is 0.949. The maximum atomic E-state index is 12.1. The van der Waals surface area contributed by atoms with Crippen LogP contribution in [0.25, 0.3) is 0 Å². The fourth-order valence-electron chi connectivity index (χ4n) is 2.07. The van der Waals surface area contributed by atoms with Crippen LogP contribution in [0.1, 0.15) is 27.6 Å². The van der Waals surface area contributed by atoms with E-state index in [1.165, 1.54) is 25.1 Å². The van der Waals surface area contributed by atoms with Crippen LogP contribution in [0, 0.1) is 10.1 Å². The zero-order valence-corrected chi connectivity index (χ0v) is 13.9. The van der Waals surface area contributed by atoms with Crippen LogP contribution in [-0.2, 0) is 9.53 Å². The number of rotatable bonds is 7. The molecule has 0 spiro atoms. The van der Waals surface area contributed by atoms with Crippen molar-refractivity contribution in [1.82, 2.24) is 5.32 Å². The molecule has 0 aliphatic carbocycles. The summed E-state index contributed by atoms with van der Waals surface area (Å²) in [5, 5.41) is 13.1. The highest BCUT2D eigenvalue weighted by atomic mass is 16.6. The van der Waals surface area contributed by atoms with E-state index >= 15 is 0 Å². The fraction of sp³-hybridized carbons (Fsp3) is 0.167. The van der Waals surface area contributed by atoms with Gasteiger partial charge < -0.3 is 10.1 Å². The van der Waals surface area contributed by atoms with E-state index in [9.17, 15) is 24.5 Å². The van der Waals surface area contributed by atoms with Crippen molar-refractivity contribution in [2.45, 2.75) is 13.0 Å². The van der Waals surface area contributed by atoms with Crippen LogP contribution in [0.3, 0.4) is 0 Å². The van der Waals surface area contributed by atoms with E-state index in [4.69, 9.17) is 4.74 Å². The Labute approximate surface area is 148 Å². The molecule has 0 fully saturated rings. The molecule has 0 aliphatic heterocycles. The van der Waals surface area contributed by atoms with Gasteiger partial charge in [0.25, 0.3) is 11.6 Å². The molecule has 8 heteroatoms. The number of amides is 1. The Morgan fingerprint density at radius 1 is 1.08 bits per heavy atom. The van der Waals surface area contributed by atoms with Gasteiger partial charge in [-0.05, 0) is 13.0 Å². The Morgan fingerprint density at radius 3 is 2.38 bits per heavy atom. The highest BCUT2D eigenvalue weighted by Crippen LogP contribution is 2.13. The monoisotopic (exact) mass is 356 g/mol. The number of ether oxygens (including phenoxy) is 1. The van der Waals surface area contributed by atoms with E-state index < -0.39 is 29.4 Å². The van der Waals surface area contributed by atoms with Crippen LogP contribution in [-0.4, -0.2) is 35.2 Å². The molecule has 0 radical (unpaired) electrons. The van der Waals surface area contributed by atoms with E-state index in [1.54, 1.807) is 30.3 Å². The first-order valence-corrected chi connectivity index (χ1v) is 7.68. The predicted molar refractivity (Wildman–Crippen MR) is 91.8 cm³/mol. The van der Waals surface area contributed by atoms with Gasteiger partial charge in [0.05, 0.1) is 4.92 Å². The van der Waals surface area contributed by atoms with Crippen molar-refractivity contribution in [3.63, 3.8) is 0 Å². The van der Waals surface area contributed by atoms with Gasteiger partial charge in [0, 0.05) is 23.3 Å². The minimum absolute atomic E-state index is 0.0409. The van der Waals surface area contributed by atoms with E-state index in [-0.39, 0.29) is 17.0 Å². The van der Waals surface area contributed by atoms with Gasteiger partial charge in [-0.3, -0.25) is 19.7 Å². The molecular weight excluding hydrogens is 340 g/mol. The first kappa shape index (κ1) is 18.8. The van der Waals surface area contributed by atoms with Crippen molar-refractivity contribution in [1.29, 1.82) is 0 Å². The Kier molecular flexibility index (Phi) is 6.15. The topological polar surface area (TPSA) is 116 Å². The predicted octanol–water partition coefficient (Wildman–Crippen LogP) is 2.14. The second-order valence-corrected chi connectivity index (χ2v) is 5.40. The molecule has 0 saturated carbocycles. The Bertz CT molecular complexity index is 835. The summed E-state index contributed by atoms with van der Waals surface area (Å²) in [6, 6.07) is 12.4. The number of nitrogens with zero attached hydrogens (tertiary/aromatic N) is 1. The maximum absolute atomic E-state index is 12.1. The number of hydrogen-bond acceptors (Lipinski definition) is 6. The lowest BCUT2D eigenvalue weighted by Gasteiger charge is -2.13. The second kappa shape index (κ2) is 8.52. The molecule has 8 nitrogen and oxygen atoms in total. The van der Waals surface area contributed by atoms with E-state index in [0.717, 1.165) is 6.07 Å². The Morgan fingerprint density at radius 2 is 1.73 bits per heavy atom. The minimum atomic E-state index is -1.02. The number of nitro groups is 1. The molecule has 0 saturated heterocycles. The molecule has 134 valence electrons. The summed E-state index contributed by atoms with van der Waals surface area (Å²) in [5.41, 5.74) is 0.217. The van der Waals surface area contributed by atoms with Gasteiger partial charge >= 0.3 is 5.97 Å². The number of benzene rings is 2. The summed E-state index contributed by atoms with van der Waals surface area (Å²) < 4.78 is 4.91. The average Bonchev–Trinajstić information content (AvgIpc) is 2.66. The molecule has 0 aromatic heterocycles. The molecule has 2 aromatic carbocycles. The zero-order chi connectivity index (χ0) is 19.1. The Balaban J connectivity index is 1.90. The van der Waals surface area contributed by atoms with Crippen molar-refractivity contribution >= 4 is 23.3 Å². The molecule has 1 atom stereocenters. The standard InChI is InChI=1S/C18H16N2O6/c1-12(18(23)26-11-16(21)13-6-3-2-4-7-13)19-17(22)14-8-5-9-15(10-14)20(24)25/h2-10,12H,11H2,1H3,(H,19,22)/t12-/m0/s1. The molecule has 1 amide bonds. The van der Waals surface area contributed by atoms with Crippen LogP contribution < -0.4 is 5.32 Å². The van der Waals surface area contributed by atoms with E-state index in [1.807, 2.05) is 0 Å². The first-order valence-electron chi connectivity index (χ1n) is 7.68. The molecule has 0 unspecified atom stereocenters. The molecule has 0 bridgehead atoms. The quantitative estimate of drug-likeness (QED) is 0.352. The highest BCUT2D eigenvalue weighted by molar-refractivity contribution is 5.99. The maximum Gasteiger partial charge on any atom is 0.328 e. The summed E-state index contributed by atoms with van der Waals surface area (Å²) in [6.07, 6.45) is 0. The van der Waals surface area contributed by atoms with Gasteiger partial charge in [-0.25, -0.2) is 4.79 Å². The average molecular weight is 356 g/mol. The van der Waals surface area contributed by atoms with Crippen LogP contribution >= 0.6 is 0 Å². The molecule has 1 N–H and O–H groups in total. The van der Waals surface area contributed by atoms with Gasteiger partial charge in [0.1, 0.15) is 6.04 Å². The number of nitrogens with one attached hydrogen (secondary N) is 1. The van der Waals surface area contributed by atoms with E-state index in [0.29, 0.717) is 5.56 Å². The normalized spacial score (nSPS) is 11.3. The lowest BCUT2D eigenvalue weighted by molar-refractivity contribution is -0.384. The third-order valence-corrected chi connectivity index (χ3v) is 3.46. The first-order chi connectivity index (χ1) is 12.4. The third kappa shape index (κ3) is 4.97. The van der Waals surface area contributed by atoms with Gasteiger partial charge in [-0.1, -0.05) is 36.4 Å². The number of nitro benzene ring substituents is 1. The van der Waals surface area contributed by atoms with Gasteiger partial charge in [-0.15, -0.1) is 0 Å². The number of non-ortho nitro benzene ring substituents is 1. The summed E-state index contributed by atoms with van der Waals surface area (Å²) in [5.74, 6) is -1.81. The van der Waals surface area contributed by atoms with E-state index in [2.05, 4.69) is 5.32 Å². The number of carbonyl (C=O) groups is 3. The smallest absolute Gasteiger partial charge is 0.328 e. The SMILES string of the molecule is C[C@H](NC(=O)c1cccc([N+](=O)[O-])c1)C(=O)OCC(=O)c1ccccc1. The summed E-state index contributed by atoms with van der Waals surface area (Å²) in [4.78, 5) is 46.0. The molecule has 26 heavy (non-hydrogen) atoms. The molecule has 2 rings (SSSR count). The van der Waals surface area contributed by atoms with Crippen LogP contribution in [0.2, 0.25) is 0 Å². The molecule has 2 aromatic rings. The van der Waals surface area contributed by atoms with Crippen molar-refractivity contribution in [2.75, 3.05) is 6.61 Å². The van der Waals surface area contributed by atoms with Gasteiger partial charge in [-0.2, -0.15) is 0 Å². The van der Waals surface area contributed by atoms with Gasteiger partial charge in [0.2, 0.25) is 0 Å². The lowest BCUT2D eigenvalue weighted by Crippen LogP contribution is -2.40. The number of carbonyl (C=O) groups excluding carboxylic acids is 3. The largest absolute Gasteiger partial charge is 0.456 e. The van der Waals surface area contributed by atoms with Crippen molar-refractivity contribution in [3.05, 3.63) is 75.8 Å². The molecule has 0 aliphatic rings. The fourth-order valence-corrected chi connectivity index (χ4v) is 2.07. The number of ketones is 1. The van der Waals surface area contributed by atoms with Crippen molar-refractivity contribution in [2.24, 2.45) is 0 Å². The Hall–Kier alpha value is -3.55. The van der Waals surface area contributed by atoms with Crippen LogP contribution in [0.5, 0.6) is 0 Å². The van der Waals surface area contributed by atoms with Crippen LogP contribution in [0.15, 0.2) is 54.6 Å². The highest BCUT2D eigenvalue weighted by Gasteiger charge is 2.20. The number of Topliss-reactive ketones (excluding diaryl/α,β-unsaturated/α-hetero) is 1. The molecule has 0 heterocycles. The third-order valence-electron chi connectivity index (χ3n) is 3.46. The molecular formula is C18H16N2O6. The minimum Gasteiger partial charge on any atom is -0.456 e. The summed E-state index contributed by atoms with van der Waals surface area (Å²) in [7, 11) is 0. The number of hydrogen-bond donors (Lipinski definition) is 1.